The van der Waals surface area contributed by atoms with Crippen LogP contribution in [0, 0.1) is 0 Å². The summed E-state index contributed by atoms with van der Waals surface area (Å²) < 4.78 is 36.6. The topological polar surface area (TPSA) is 59.1 Å². The van der Waals surface area contributed by atoms with Gasteiger partial charge in [0, 0.05) is 12.7 Å². The number of aromatic nitrogens is 1. The van der Waals surface area contributed by atoms with E-state index in [0.29, 0.717) is 12.3 Å². The van der Waals surface area contributed by atoms with Crippen LogP contribution in [-0.2, 0) is 6.18 Å². The van der Waals surface area contributed by atoms with E-state index < -0.39 is 17.8 Å². The largest absolute Gasteiger partial charge is 0.417 e. The smallest absolute Gasteiger partial charge is 0.385 e. The maximum absolute atomic E-state index is 12.2. The lowest BCUT2D eigenvalue weighted by Gasteiger charge is -2.11. The number of hydrogen-bond donors (Lipinski definition) is 2. The molecule has 0 saturated carbocycles. The van der Waals surface area contributed by atoms with Crippen molar-refractivity contribution in [3.8, 4) is 0 Å². The Balaban J connectivity index is 3.09. The van der Waals surface area contributed by atoms with Crippen molar-refractivity contribution in [2.75, 3.05) is 6.54 Å². The summed E-state index contributed by atoms with van der Waals surface area (Å²) in [5, 5.41) is 9.00. The van der Waals surface area contributed by atoms with E-state index in [-0.39, 0.29) is 17.3 Å². The molecule has 1 aromatic heterocycles. The fraction of sp³-hybridized carbons (Fsp3) is 0.375. The van der Waals surface area contributed by atoms with Crippen LogP contribution in [0.2, 0.25) is 5.02 Å². The normalized spacial score (nSPS) is 14.0. The van der Waals surface area contributed by atoms with E-state index in [4.69, 9.17) is 17.3 Å². The van der Waals surface area contributed by atoms with Gasteiger partial charge < -0.3 is 10.8 Å². The summed E-state index contributed by atoms with van der Waals surface area (Å²) in [6, 6.07) is 0.711. The molecule has 0 aliphatic rings. The fourth-order valence-corrected chi connectivity index (χ4v) is 1.25. The summed E-state index contributed by atoms with van der Waals surface area (Å²) in [7, 11) is 0. The molecule has 7 heteroatoms. The molecule has 1 unspecified atom stereocenters. The predicted molar refractivity (Wildman–Crippen MR) is 48.3 cm³/mol. The molecule has 3 N–H and O–H groups in total. The highest BCUT2D eigenvalue weighted by Crippen LogP contribution is 2.32. The zero-order valence-electron chi connectivity index (χ0n) is 7.42. The zero-order chi connectivity index (χ0) is 11.6. The van der Waals surface area contributed by atoms with Gasteiger partial charge in [-0.05, 0) is 6.07 Å². The van der Waals surface area contributed by atoms with Gasteiger partial charge in [0.05, 0.1) is 16.3 Å². The molecule has 0 amide bonds. The summed E-state index contributed by atoms with van der Waals surface area (Å²) in [5.41, 5.74) is 4.12. The molecule has 0 aromatic carbocycles. The van der Waals surface area contributed by atoms with Gasteiger partial charge in [0.1, 0.15) is 6.10 Å². The molecule has 0 saturated heterocycles. The van der Waals surface area contributed by atoms with Crippen molar-refractivity contribution in [1.29, 1.82) is 0 Å². The van der Waals surface area contributed by atoms with E-state index >= 15 is 0 Å². The van der Waals surface area contributed by atoms with E-state index in [1.807, 2.05) is 0 Å². The van der Waals surface area contributed by atoms with Gasteiger partial charge in [-0.25, -0.2) is 0 Å². The summed E-state index contributed by atoms with van der Waals surface area (Å²) in [6.07, 6.45) is -5.04. The highest BCUT2D eigenvalue weighted by molar-refractivity contribution is 6.31. The maximum atomic E-state index is 12.2. The van der Waals surface area contributed by atoms with Crippen molar-refractivity contribution < 1.29 is 18.3 Å². The Kier molecular flexibility index (Phi) is 3.54. The average Bonchev–Trinajstić information content (AvgIpc) is 2.15. The van der Waals surface area contributed by atoms with Crippen molar-refractivity contribution in [2.24, 2.45) is 5.73 Å². The lowest BCUT2D eigenvalue weighted by Crippen LogP contribution is -2.14. The summed E-state index contributed by atoms with van der Waals surface area (Å²) in [5.74, 6) is 0. The highest BCUT2D eigenvalue weighted by atomic mass is 35.5. The van der Waals surface area contributed by atoms with E-state index in [2.05, 4.69) is 4.98 Å². The standard InChI is InChI=1S/C8H8ClF3N2O/c9-5-1-4(8(10,11)12)3-14-7(5)6(15)2-13/h1,3,6,15H,2,13H2. The van der Waals surface area contributed by atoms with Crippen molar-refractivity contribution in [3.05, 3.63) is 28.5 Å². The number of aliphatic hydroxyl groups is 1. The van der Waals surface area contributed by atoms with Crippen LogP contribution in [0.3, 0.4) is 0 Å². The first kappa shape index (κ1) is 12.2. The summed E-state index contributed by atoms with van der Waals surface area (Å²) >= 11 is 5.53. The number of hydrogen-bond acceptors (Lipinski definition) is 3. The molecule has 0 spiro atoms. The van der Waals surface area contributed by atoms with E-state index in [9.17, 15) is 18.3 Å². The van der Waals surface area contributed by atoms with Crippen LogP contribution in [-0.4, -0.2) is 16.6 Å². The van der Waals surface area contributed by atoms with Crippen molar-refractivity contribution in [1.82, 2.24) is 4.98 Å². The molecule has 1 rings (SSSR count). The Labute approximate surface area is 88.7 Å². The lowest BCUT2D eigenvalue weighted by atomic mass is 10.2. The molecular weight excluding hydrogens is 233 g/mol. The fourth-order valence-electron chi connectivity index (χ4n) is 0.960. The molecule has 0 aliphatic carbocycles. The first-order chi connectivity index (χ1) is 6.86. The molecular formula is C8H8ClF3N2O. The van der Waals surface area contributed by atoms with Crippen LogP contribution in [0.5, 0.6) is 0 Å². The van der Waals surface area contributed by atoms with Gasteiger partial charge in [0.15, 0.2) is 0 Å². The Morgan fingerprint density at radius 2 is 2.13 bits per heavy atom. The quantitative estimate of drug-likeness (QED) is 0.828. The molecule has 15 heavy (non-hydrogen) atoms. The minimum absolute atomic E-state index is 0.0489. The second-order valence-electron chi connectivity index (χ2n) is 2.84. The van der Waals surface area contributed by atoms with Crippen LogP contribution in [0.15, 0.2) is 12.3 Å². The van der Waals surface area contributed by atoms with Crippen molar-refractivity contribution in [3.63, 3.8) is 0 Å². The minimum atomic E-state index is -4.50. The molecule has 0 fully saturated rings. The van der Waals surface area contributed by atoms with Gasteiger partial charge in [-0.2, -0.15) is 13.2 Å². The van der Waals surface area contributed by atoms with Gasteiger partial charge >= 0.3 is 6.18 Å². The third-order valence-corrected chi connectivity index (χ3v) is 2.04. The Morgan fingerprint density at radius 1 is 1.53 bits per heavy atom. The van der Waals surface area contributed by atoms with E-state index in [0.717, 1.165) is 0 Å². The zero-order valence-corrected chi connectivity index (χ0v) is 8.18. The maximum Gasteiger partial charge on any atom is 0.417 e. The first-order valence-electron chi connectivity index (χ1n) is 3.97. The minimum Gasteiger partial charge on any atom is -0.385 e. The number of nitrogens with zero attached hydrogens (tertiary/aromatic N) is 1. The summed E-state index contributed by atoms with van der Waals surface area (Å²) in [4.78, 5) is 3.43. The summed E-state index contributed by atoms with van der Waals surface area (Å²) in [6.45, 7) is -0.155. The van der Waals surface area contributed by atoms with Crippen LogP contribution < -0.4 is 5.73 Å². The third-order valence-electron chi connectivity index (χ3n) is 1.74. The van der Waals surface area contributed by atoms with Gasteiger partial charge in [-0.3, -0.25) is 4.98 Å². The first-order valence-corrected chi connectivity index (χ1v) is 4.35. The average molecular weight is 241 g/mol. The number of rotatable bonds is 2. The molecule has 1 atom stereocenters. The van der Waals surface area contributed by atoms with Gasteiger partial charge in [0.25, 0.3) is 0 Å². The molecule has 1 heterocycles. The SMILES string of the molecule is NCC(O)c1ncc(C(F)(F)F)cc1Cl. The van der Waals surface area contributed by atoms with Crippen LogP contribution in [0.1, 0.15) is 17.4 Å². The van der Waals surface area contributed by atoms with Crippen LogP contribution >= 0.6 is 11.6 Å². The molecule has 84 valence electrons. The second kappa shape index (κ2) is 4.34. The lowest BCUT2D eigenvalue weighted by molar-refractivity contribution is -0.137. The molecule has 0 bridgehead atoms. The number of halogens is 4. The van der Waals surface area contributed by atoms with Crippen LogP contribution in [0.4, 0.5) is 13.2 Å². The number of nitrogens with two attached hydrogens (primary N) is 1. The number of aliphatic hydroxyl groups excluding tert-OH is 1. The second-order valence-corrected chi connectivity index (χ2v) is 3.25. The Bertz CT molecular complexity index is 356. The number of alkyl halides is 3. The Morgan fingerprint density at radius 3 is 2.53 bits per heavy atom. The van der Waals surface area contributed by atoms with E-state index in [1.165, 1.54) is 0 Å². The van der Waals surface area contributed by atoms with Crippen molar-refractivity contribution >= 4 is 11.6 Å². The molecule has 0 aliphatic heterocycles. The van der Waals surface area contributed by atoms with E-state index in [1.54, 1.807) is 0 Å². The predicted octanol–water partition coefficient (Wildman–Crippen LogP) is 1.75. The van der Waals surface area contributed by atoms with Crippen molar-refractivity contribution in [2.45, 2.75) is 12.3 Å². The van der Waals surface area contributed by atoms with Gasteiger partial charge in [-0.1, -0.05) is 11.6 Å². The van der Waals surface area contributed by atoms with Crippen LogP contribution in [0.25, 0.3) is 0 Å². The molecule has 1 aromatic rings. The van der Waals surface area contributed by atoms with Gasteiger partial charge in [-0.15, -0.1) is 0 Å². The number of pyridine rings is 1. The molecule has 0 radical (unpaired) electrons. The molecule has 3 nitrogen and oxygen atoms in total. The Hall–Kier alpha value is -0.850. The van der Waals surface area contributed by atoms with Gasteiger partial charge in [0.2, 0.25) is 0 Å². The highest BCUT2D eigenvalue weighted by Gasteiger charge is 2.31. The third kappa shape index (κ3) is 2.80. The monoisotopic (exact) mass is 240 g/mol.